The molecule has 0 heterocycles. The number of benzene rings is 2. The van der Waals surface area contributed by atoms with Gasteiger partial charge in [-0.25, -0.2) is 0 Å². The fraction of sp³-hybridized carbons (Fsp3) is 0.484. The van der Waals surface area contributed by atoms with Gasteiger partial charge in [0.1, 0.15) is 0 Å². The number of aryl methyl sites for hydroxylation is 1. The summed E-state index contributed by atoms with van der Waals surface area (Å²) in [6.45, 7) is 14.0. The average molecular weight is 415 g/mol. The molecule has 1 aliphatic carbocycles. The van der Waals surface area contributed by atoms with Crippen molar-refractivity contribution in [3.63, 3.8) is 0 Å². The maximum absolute atomic E-state index is 2.55. The summed E-state index contributed by atoms with van der Waals surface area (Å²) in [4.78, 5) is 0. The van der Waals surface area contributed by atoms with Crippen molar-refractivity contribution in [2.75, 3.05) is 0 Å². The number of fused-ring (bicyclic) bond motifs is 1. The van der Waals surface area contributed by atoms with E-state index in [1.54, 1.807) is 0 Å². The van der Waals surface area contributed by atoms with E-state index in [-0.39, 0.29) is 10.8 Å². The van der Waals surface area contributed by atoms with Gasteiger partial charge in [0.2, 0.25) is 0 Å². The molecule has 0 unspecified atom stereocenters. The van der Waals surface area contributed by atoms with E-state index in [2.05, 4.69) is 102 Å². The van der Waals surface area contributed by atoms with Crippen LogP contribution in [0.1, 0.15) is 108 Å². The molecule has 0 bridgehead atoms. The monoisotopic (exact) mass is 414 g/mol. The third-order valence-electron chi connectivity index (χ3n) is 6.96. The highest BCUT2D eigenvalue weighted by molar-refractivity contribution is 5.82. The van der Waals surface area contributed by atoms with Gasteiger partial charge in [-0.15, -0.1) is 0 Å². The summed E-state index contributed by atoms with van der Waals surface area (Å²) >= 11 is 0. The Balaban J connectivity index is 1.98. The SMILES string of the molecule is CCCCCCCCc1cc2c(cc1C(C)=Cc1ccccc1)C(C)(C)C=CC2(C)C. The van der Waals surface area contributed by atoms with Gasteiger partial charge < -0.3 is 0 Å². The molecular formula is C31H42. The van der Waals surface area contributed by atoms with Crippen molar-refractivity contribution in [2.45, 2.75) is 97.3 Å². The molecule has 0 spiro atoms. The molecule has 0 atom stereocenters. The zero-order chi connectivity index (χ0) is 22.5. The Bertz CT molecular complexity index is 922. The van der Waals surface area contributed by atoms with Crippen molar-refractivity contribution in [1.29, 1.82) is 0 Å². The molecule has 0 N–H and O–H groups in total. The lowest BCUT2D eigenvalue weighted by molar-refractivity contribution is 0.561. The Morgan fingerprint density at radius 2 is 1.35 bits per heavy atom. The summed E-state index contributed by atoms with van der Waals surface area (Å²) in [5.41, 5.74) is 8.79. The molecule has 31 heavy (non-hydrogen) atoms. The Morgan fingerprint density at radius 1 is 0.774 bits per heavy atom. The minimum atomic E-state index is 0.0747. The first-order valence-electron chi connectivity index (χ1n) is 12.4. The fourth-order valence-electron chi connectivity index (χ4n) is 4.85. The highest BCUT2D eigenvalue weighted by Crippen LogP contribution is 2.43. The average Bonchev–Trinajstić information content (AvgIpc) is 2.74. The van der Waals surface area contributed by atoms with Gasteiger partial charge in [-0.1, -0.05) is 127 Å². The fourth-order valence-corrected chi connectivity index (χ4v) is 4.85. The maximum atomic E-state index is 2.55. The second-order valence-electron chi connectivity index (χ2n) is 10.6. The maximum Gasteiger partial charge on any atom is 0.00789 e. The second-order valence-corrected chi connectivity index (χ2v) is 10.6. The smallest absolute Gasteiger partial charge is 0.00789 e. The zero-order valence-electron chi connectivity index (χ0n) is 20.7. The minimum Gasteiger partial charge on any atom is -0.0776 e. The van der Waals surface area contributed by atoms with E-state index in [9.17, 15) is 0 Å². The highest BCUT2D eigenvalue weighted by atomic mass is 14.4. The lowest BCUT2D eigenvalue weighted by Gasteiger charge is -2.38. The van der Waals surface area contributed by atoms with E-state index < -0.39 is 0 Å². The van der Waals surface area contributed by atoms with Crippen LogP contribution < -0.4 is 0 Å². The zero-order valence-corrected chi connectivity index (χ0v) is 20.7. The van der Waals surface area contributed by atoms with Gasteiger partial charge in [0, 0.05) is 10.8 Å². The van der Waals surface area contributed by atoms with Crippen LogP contribution in [0, 0.1) is 0 Å². The van der Waals surface area contributed by atoms with Crippen molar-refractivity contribution >= 4 is 11.6 Å². The summed E-state index contributed by atoms with van der Waals surface area (Å²) in [7, 11) is 0. The van der Waals surface area contributed by atoms with Crippen LogP contribution in [0.2, 0.25) is 0 Å². The molecule has 2 aromatic carbocycles. The molecule has 0 saturated heterocycles. The van der Waals surface area contributed by atoms with Crippen molar-refractivity contribution in [3.05, 3.63) is 82.4 Å². The molecule has 2 aromatic rings. The van der Waals surface area contributed by atoms with Crippen LogP contribution in [0.5, 0.6) is 0 Å². The van der Waals surface area contributed by atoms with E-state index >= 15 is 0 Å². The second kappa shape index (κ2) is 10.0. The first-order valence-corrected chi connectivity index (χ1v) is 12.4. The molecule has 0 aromatic heterocycles. The number of rotatable bonds is 9. The van der Waals surface area contributed by atoms with Crippen LogP contribution in [0.25, 0.3) is 11.6 Å². The van der Waals surface area contributed by atoms with Crippen molar-refractivity contribution in [3.8, 4) is 0 Å². The van der Waals surface area contributed by atoms with E-state index in [1.807, 2.05) is 0 Å². The van der Waals surface area contributed by atoms with Crippen LogP contribution >= 0.6 is 0 Å². The van der Waals surface area contributed by atoms with E-state index in [0.29, 0.717) is 0 Å². The summed E-state index contributed by atoms with van der Waals surface area (Å²) in [5, 5.41) is 0. The third-order valence-corrected chi connectivity index (χ3v) is 6.96. The van der Waals surface area contributed by atoms with Gasteiger partial charge in [-0.3, -0.25) is 0 Å². The predicted molar refractivity (Wildman–Crippen MR) is 139 cm³/mol. The normalized spacial score (nSPS) is 16.9. The number of hydrogen-bond acceptors (Lipinski definition) is 0. The van der Waals surface area contributed by atoms with Gasteiger partial charge in [0.15, 0.2) is 0 Å². The molecular weight excluding hydrogens is 372 g/mol. The molecule has 166 valence electrons. The lowest BCUT2D eigenvalue weighted by atomic mass is 9.66. The molecule has 0 nitrogen and oxygen atoms in total. The van der Waals surface area contributed by atoms with Crippen LogP contribution in [0.15, 0.2) is 54.6 Å². The van der Waals surface area contributed by atoms with Gasteiger partial charge in [-0.05, 0) is 53.2 Å². The number of allylic oxidation sites excluding steroid dienone is 3. The molecule has 0 saturated carbocycles. The topological polar surface area (TPSA) is 0 Å². The third kappa shape index (κ3) is 5.79. The summed E-state index contributed by atoms with van der Waals surface area (Å²) in [6.07, 6.45) is 16.4. The summed E-state index contributed by atoms with van der Waals surface area (Å²) < 4.78 is 0. The van der Waals surface area contributed by atoms with Crippen LogP contribution in [0.3, 0.4) is 0 Å². The summed E-state index contributed by atoms with van der Waals surface area (Å²) in [6, 6.07) is 15.8. The molecule has 1 aliphatic rings. The van der Waals surface area contributed by atoms with Crippen molar-refractivity contribution in [2.24, 2.45) is 0 Å². The Morgan fingerprint density at radius 3 is 2.00 bits per heavy atom. The lowest BCUT2D eigenvalue weighted by Crippen LogP contribution is -2.29. The van der Waals surface area contributed by atoms with Crippen LogP contribution in [-0.4, -0.2) is 0 Å². The van der Waals surface area contributed by atoms with Crippen molar-refractivity contribution in [1.82, 2.24) is 0 Å². The molecule has 0 aliphatic heterocycles. The van der Waals surface area contributed by atoms with Crippen LogP contribution in [0.4, 0.5) is 0 Å². The highest BCUT2D eigenvalue weighted by Gasteiger charge is 2.33. The summed E-state index contributed by atoms with van der Waals surface area (Å²) in [5.74, 6) is 0. The molecule has 3 rings (SSSR count). The Kier molecular flexibility index (Phi) is 7.63. The van der Waals surface area contributed by atoms with Gasteiger partial charge in [-0.2, -0.15) is 0 Å². The largest absolute Gasteiger partial charge is 0.0776 e. The van der Waals surface area contributed by atoms with E-state index in [4.69, 9.17) is 0 Å². The molecule has 0 amide bonds. The van der Waals surface area contributed by atoms with Gasteiger partial charge in [0.25, 0.3) is 0 Å². The van der Waals surface area contributed by atoms with Crippen molar-refractivity contribution < 1.29 is 0 Å². The van der Waals surface area contributed by atoms with Gasteiger partial charge in [0.05, 0.1) is 0 Å². The molecule has 0 fully saturated rings. The number of hydrogen-bond donors (Lipinski definition) is 0. The van der Waals surface area contributed by atoms with Crippen LogP contribution in [-0.2, 0) is 17.3 Å². The molecule has 0 heteroatoms. The molecule has 0 radical (unpaired) electrons. The minimum absolute atomic E-state index is 0.0747. The quantitative estimate of drug-likeness (QED) is 0.218. The predicted octanol–water partition coefficient (Wildman–Crippen LogP) is 9.28. The van der Waals surface area contributed by atoms with E-state index in [0.717, 1.165) is 0 Å². The first kappa shape index (κ1) is 23.6. The first-order chi connectivity index (χ1) is 14.7. The van der Waals surface area contributed by atoms with E-state index in [1.165, 1.54) is 78.3 Å². The Hall–Kier alpha value is -2.08. The van der Waals surface area contributed by atoms with Gasteiger partial charge >= 0.3 is 0 Å². The standard InChI is InChI=1S/C31H42/c1-7-8-9-10-11-15-18-26-22-28-29(31(5,6)20-19-30(28,3)4)23-27(26)24(2)21-25-16-13-12-14-17-25/h12-14,16-17,19-23H,7-11,15,18H2,1-6H3. The Labute approximate surface area is 191 Å². The number of unbranched alkanes of at least 4 members (excludes halogenated alkanes) is 5.